The summed E-state index contributed by atoms with van der Waals surface area (Å²) in [7, 11) is 0. The van der Waals surface area contributed by atoms with Crippen molar-refractivity contribution in [3.05, 3.63) is 64.3 Å². The lowest BCUT2D eigenvalue weighted by Gasteiger charge is -2.13. The summed E-state index contributed by atoms with van der Waals surface area (Å²) in [5.74, 6) is -1.36. The molecule has 0 radical (unpaired) electrons. The second kappa shape index (κ2) is 7.61. The lowest BCUT2D eigenvalue weighted by atomic mass is 9.95. The molecule has 0 saturated heterocycles. The van der Waals surface area contributed by atoms with Crippen LogP contribution in [-0.2, 0) is 12.8 Å². The van der Waals surface area contributed by atoms with Gasteiger partial charge in [-0.05, 0) is 43.4 Å². The number of anilines is 1. The van der Waals surface area contributed by atoms with E-state index >= 15 is 0 Å². The average molecular weight is 358 g/mol. The number of aryl methyl sites for hydroxylation is 1. The molecule has 0 unspecified atom stereocenters. The Kier molecular flexibility index (Phi) is 5.28. The van der Waals surface area contributed by atoms with Gasteiger partial charge >= 0.3 is 0 Å². The molecule has 1 aromatic heterocycles. The fourth-order valence-electron chi connectivity index (χ4n) is 2.96. The van der Waals surface area contributed by atoms with Gasteiger partial charge in [0.1, 0.15) is 10.8 Å². The molecule has 2 aromatic rings. The van der Waals surface area contributed by atoms with Gasteiger partial charge in [-0.1, -0.05) is 18.2 Å². The molecular formula is C19H19FN2O2S. The van der Waals surface area contributed by atoms with Crippen LogP contribution in [0.15, 0.2) is 36.9 Å². The highest BCUT2D eigenvalue weighted by molar-refractivity contribution is 7.17. The van der Waals surface area contributed by atoms with Crippen molar-refractivity contribution >= 4 is 28.2 Å². The minimum atomic E-state index is -0.584. The highest BCUT2D eigenvalue weighted by Gasteiger charge is 2.26. The van der Waals surface area contributed by atoms with E-state index in [9.17, 15) is 14.0 Å². The lowest BCUT2D eigenvalue weighted by Crippen LogP contribution is -2.26. The van der Waals surface area contributed by atoms with E-state index in [1.54, 1.807) is 12.1 Å². The van der Waals surface area contributed by atoms with E-state index in [0.717, 1.165) is 36.1 Å². The summed E-state index contributed by atoms with van der Waals surface area (Å²) in [6, 6.07) is 5.81. The van der Waals surface area contributed by atoms with Gasteiger partial charge in [0.2, 0.25) is 0 Å². The molecule has 130 valence electrons. The molecule has 25 heavy (non-hydrogen) atoms. The Morgan fingerprint density at radius 2 is 1.96 bits per heavy atom. The first-order valence-electron chi connectivity index (χ1n) is 8.21. The van der Waals surface area contributed by atoms with Crippen LogP contribution < -0.4 is 10.6 Å². The van der Waals surface area contributed by atoms with Gasteiger partial charge in [0.25, 0.3) is 11.8 Å². The third-order valence-electron chi connectivity index (χ3n) is 4.15. The third-order valence-corrected chi connectivity index (χ3v) is 5.36. The number of nitrogens with one attached hydrogen (secondary N) is 2. The van der Waals surface area contributed by atoms with Crippen LogP contribution in [0.5, 0.6) is 0 Å². The van der Waals surface area contributed by atoms with E-state index in [0.29, 0.717) is 17.1 Å². The zero-order chi connectivity index (χ0) is 17.8. The van der Waals surface area contributed by atoms with Crippen molar-refractivity contribution in [1.82, 2.24) is 5.32 Å². The molecule has 2 amide bonds. The van der Waals surface area contributed by atoms with Crippen LogP contribution in [0.1, 0.15) is 44.0 Å². The summed E-state index contributed by atoms with van der Waals surface area (Å²) in [6.45, 7) is 3.95. The van der Waals surface area contributed by atoms with Crippen LogP contribution in [0.25, 0.3) is 0 Å². The van der Waals surface area contributed by atoms with Crippen molar-refractivity contribution in [1.29, 1.82) is 0 Å². The minimum absolute atomic E-state index is 0.0358. The Balaban J connectivity index is 1.93. The van der Waals surface area contributed by atoms with E-state index in [1.165, 1.54) is 29.5 Å². The van der Waals surface area contributed by atoms with Crippen LogP contribution in [0.2, 0.25) is 0 Å². The Labute approximate surface area is 149 Å². The molecule has 4 nitrogen and oxygen atoms in total. The summed E-state index contributed by atoms with van der Waals surface area (Å²) in [5.41, 5.74) is 1.47. The van der Waals surface area contributed by atoms with Crippen molar-refractivity contribution in [2.45, 2.75) is 25.7 Å². The summed E-state index contributed by atoms with van der Waals surface area (Å²) in [4.78, 5) is 26.1. The molecule has 2 N–H and O–H groups in total. The van der Waals surface area contributed by atoms with Crippen LogP contribution in [0.3, 0.4) is 0 Å². The van der Waals surface area contributed by atoms with E-state index in [-0.39, 0.29) is 11.5 Å². The average Bonchev–Trinajstić information content (AvgIpc) is 2.97. The lowest BCUT2D eigenvalue weighted by molar-refractivity contribution is 0.0958. The van der Waals surface area contributed by atoms with Gasteiger partial charge in [0, 0.05) is 11.4 Å². The molecule has 1 aliphatic carbocycles. The van der Waals surface area contributed by atoms with Crippen molar-refractivity contribution in [3.63, 3.8) is 0 Å². The Morgan fingerprint density at radius 3 is 2.72 bits per heavy atom. The molecule has 3 rings (SSSR count). The van der Waals surface area contributed by atoms with Gasteiger partial charge in [-0.2, -0.15) is 0 Å². The zero-order valence-electron chi connectivity index (χ0n) is 13.7. The van der Waals surface area contributed by atoms with Crippen LogP contribution in [-0.4, -0.2) is 18.4 Å². The fourth-order valence-corrected chi connectivity index (χ4v) is 4.25. The second-order valence-corrected chi connectivity index (χ2v) is 6.95. The smallest absolute Gasteiger partial charge is 0.259 e. The molecule has 0 fully saturated rings. The number of amides is 2. The molecule has 1 aliphatic rings. The molecule has 0 saturated carbocycles. The van der Waals surface area contributed by atoms with Crippen molar-refractivity contribution in [2.75, 3.05) is 11.9 Å². The van der Waals surface area contributed by atoms with Crippen molar-refractivity contribution in [3.8, 4) is 0 Å². The fraction of sp³-hybridized carbons (Fsp3) is 0.263. The van der Waals surface area contributed by atoms with Gasteiger partial charge < -0.3 is 10.6 Å². The predicted octanol–water partition coefficient (Wildman–Crippen LogP) is 3.93. The van der Waals surface area contributed by atoms with E-state index in [1.807, 2.05) is 0 Å². The highest BCUT2D eigenvalue weighted by atomic mass is 32.1. The standard InChI is InChI=1S/C19H19FN2O2S/c1-2-11-21-18(24)16-13-8-4-6-10-15(13)25-19(16)22-17(23)12-7-3-5-9-14(12)20/h2-3,5,7,9H,1,4,6,8,10-11H2,(H,21,24)(H,22,23). The normalized spacial score (nSPS) is 13.0. The number of benzene rings is 1. The summed E-state index contributed by atoms with van der Waals surface area (Å²) >= 11 is 1.41. The molecule has 1 aromatic carbocycles. The molecule has 0 spiro atoms. The van der Waals surface area contributed by atoms with Crippen molar-refractivity contribution < 1.29 is 14.0 Å². The third kappa shape index (κ3) is 3.64. The van der Waals surface area contributed by atoms with E-state index in [2.05, 4.69) is 17.2 Å². The van der Waals surface area contributed by atoms with Gasteiger partial charge in [-0.15, -0.1) is 17.9 Å². The number of hydrogen-bond acceptors (Lipinski definition) is 3. The monoisotopic (exact) mass is 358 g/mol. The minimum Gasteiger partial charge on any atom is -0.348 e. The topological polar surface area (TPSA) is 58.2 Å². The summed E-state index contributed by atoms with van der Waals surface area (Å²) < 4.78 is 13.8. The molecule has 0 bridgehead atoms. The Morgan fingerprint density at radius 1 is 1.20 bits per heavy atom. The highest BCUT2D eigenvalue weighted by Crippen LogP contribution is 2.38. The first-order valence-corrected chi connectivity index (χ1v) is 9.03. The zero-order valence-corrected chi connectivity index (χ0v) is 14.5. The largest absolute Gasteiger partial charge is 0.348 e. The molecule has 1 heterocycles. The quantitative estimate of drug-likeness (QED) is 0.796. The maximum atomic E-state index is 13.8. The molecular weight excluding hydrogens is 339 g/mol. The van der Waals surface area contributed by atoms with Gasteiger partial charge in [0.15, 0.2) is 0 Å². The van der Waals surface area contributed by atoms with Crippen LogP contribution in [0, 0.1) is 5.82 Å². The maximum absolute atomic E-state index is 13.8. The number of rotatable bonds is 5. The van der Waals surface area contributed by atoms with Crippen LogP contribution in [0.4, 0.5) is 9.39 Å². The number of hydrogen-bond donors (Lipinski definition) is 2. The van der Waals surface area contributed by atoms with Gasteiger partial charge in [0.05, 0.1) is 11.1 Å². The van der Waals surface area contributed by atoms with Gasteiger partial charge in [-0.3, -0.25) is 9.59 Å². The van der Waals surface area contributed by atoms with Gasteiger partial charge in [-0.25, -0.2) is 4.39 Å². The predicted molar refractivity (Wildman–Crippen MR) is 97.8 cm³/mol. The molecule has 0 aliphatic heterocycles. The number of thiophene rings is 1. The number of fused-ring (bicyclic) bond motifs is 1. The first kappa shape index (κ1) is 17.4. The van der Waals surface area contributed by atoms with E-state index in [4.69, 9.17) is 0 Å². The Bertz CT molecular complexity index is 829. The molecule has 6 heteroatoms. The number of carbonyl (C=O) groups excluding carboxylic acids is 2. The first-order chi connectivity index (χ1) is 12.1. The maximum Gasteiger partial charge on any atom is 0.259 e. The van der Waals surface area contributed by atoms with Crippen LogP contribution >= 0.6 is 11.3 Å². The summed E-state index contributed by atoms with van der Waals surface area (Å²) in [6.07, 6.45) is 5.41. The SMILES string of the molecule is C=CCNC(=O)c1c(NC(=O)c2ccccc2F)sc2c1CCCC2. The number of carbonyl (C=O) groups is 2. The van der Waals surface area contributed by atoms with E-state index < -0.39 is 11.7 Å². The number of halogens is 1. The summed E-state index contributed by atoms with van der Waals surface area (Å²) in [5, 5.41) is 6.00. The van der Waals surface area contributed by atoms with Crippen molar-refractivity contribution in [2.24, 2.45) is 0 Å². The second-order valence-electron chi connectivity index (χ2n) is 5.85. The molecule has 0 atom stereocenters. The Hall–Kier alpha value is -2.47.